The molecule has 140 valence electrons. The van der Waals surface area contributed by atoms with E-state index >= 15 is 0 Å². The monoisotopic (exact) mass is 395 g/mol. The first kappa shape index (κ1) is 20.5. The summed E-state index contributed by atoms with van der Waals surface area (Å²) < 4.78 is 17.1. The van der Waals surface area contributed by atoms with Crippen molar-refractivity contribution < 1.29 is 24.1 Å². The maximum absolute atomic E-state index is 12.3. The summed E-state index contributed by atoms with van der Waals surface area (Å²) in [6, 6.07) is 3.68. The van der Waals surface area contributed by atoms with E-state index in [1.807, 2.05) is 26.0 Å². The number of benzene rings is 1. The summed E-state index contributed by atoms with van der Waals surface area (Å²) in [6.45, 7) is 12.5. The molecule has 26 heavy (non-hydrogen) atoms. The first-order chi connectivity index (χ1) is 12.7. The summed E-state index contributed by atoms with van der Waals surface area (Å²) in [5.41, 5.74) is -0.0369. The Labute approximate surface area is 161 Å². The lowest BCUT2D eigenvalue weighted by atomic mass is 10.3. The Bertz CT molecular complexity index is 690. The number of rotatable bonds is 9. The number of carbonyl (C=O) groups excluding carboxylic acids is 1. The van der Waals surface area contributed by atoms with Crippen molar-refractivity contribution in [2.45, 2.75) is 36.5 Å². The van der Waals surface area contributed by atoms with Gasteiger partial charge < -0.3 is 19.3 Å². The molecule has 1 aliphatic heterocycles. The van der Waals surface area contributed by atoms with Crippen molar-refractivity contribution in [2.75, 3.05) is 26.4 Å². The summed E-state index contributed by atoms with van der Waals surface area (Å²) in [5.74, 6) is 0.773. The highest BCUT2D eigenvalue weighted by atomic mass is 32.2. The molecular weight excluding hydrogens is 374 g/mol. The zero-order chi connectivity index (χ0) is 18.9. The second-order valence-corrected chi connectivity index (χ2v) is 7.40. The van der Waals surface area contributed by atoms with Crippen LogP contribution in [0.4, 0.5) is 0 Å². The molecule has 0 radical (unpaired) electrons. The molecule has 0 aromatic heterocycles. The number of carbonyl (C=O) groups is 1. The lowest BCUT2D eigenvalue weighted by Gasteiger charge is -2.11. The zero-order valence-electron chi connectivity index (χ0n) is 14.7. The number of ether oxygens (including phenoxy) is 3. The van der Waals surface area contributed by atoms with Gasteiger partial charge in [0.1, 0.15) is 11.5 Å². The standard InChI is InChI=1S/C18H21NO5S2/c1-4-22-12-8-9-13(23-5-2)16-15(12)25-18(26-16)14(19-3)17(21)24-11-7-6-10-20/h8-9,20H,4-7,10-11H2,1-2H3. The van der Waals surface area contributed by atoms with Crippen LogP contribution in [-0.4, -0.2) is 37.5 Å². The predicted molar refractivity (Wildman–Crippen MR) is 101 cm³/mol. The van der Waals surface area contributed by atoms with Gasteiger partial charge >= 0.3 is 5.97 Å². The minimum absolute atomic E-state index is 0.0369. The van der Waals surface area contributed by atoms with Crippen molar-refractivity contribution in [2.24, 2.45) is 0 Å². The third kappa shape index (κ3) is 4.87. The van der Waals surface area contributed by atoms with Gasteiger partial charge in [0.05, 0.1) is 40.4 Å². The molecule has 0 saturated carbocycles. The van der Waals surface area contributed by atoms with E-state index in [4.69, 9.17) is 25.9 Å². The average molecular weight is 396 g/mol. The molecule has 1 N–H and O–H groups in total. The second kappa shape index (κ2) is 10.4. The van der Waals surface area contributed by atoms with E-state index in [9.17, 15) is 4.79 Å². The Morgan fingerprint density at radius 2 is 1.69 bits per heavy atom. The van der Waals surface area contributed by atoms with Crippen LogP contribution < -0.4 is 9.47 Å². The summed E-state index contributed by atoms with van der Waals surface area (Å²) in [5, 5.41) is 8.77. The smallest absolute Gasteiger partial charge is 0.338 e. The van der Waals surface area contributed by atoms with Gasteiger partial charge in [0.25, 0.3) is 5.70 Å². The molecule has 2 rings (SSSR count). The molecule has 0 aliphatic carbocycles. The molecule has 1 aliphatic rings. The molecule has 1 aromatic rings. The van der Waals surface area contributed by atoms with E-state index < -0.39 is 5.97 Å². The molecule has 6 nitrogen and oxygen atoms in total. The van der Waals surface area contributed by atoms with Crippen molar-refractivity contribution in [3.63, 3.8) is 0 Å². The van der Waals surface area contributed by atoms with Crippen LogP contribution in [0.2, 0.25) is 0 Å². The number of hydrogen-bond donors (Lipinski definition) is 1. The lowest BCUT2D eigenvalue weighted by Crippen LogP contribution is -2.08. The minimum atomic E-state index is -0.642. The lowest BCUT2D eigenvalue weighted by molar-refractivity contribution is -0.138. The van der Waals surface area contributed by atoms with Crippen molar-refractivity contribution in [1.29, 1.82) is 0 Å². The van der Waals surface area contributed by atoms with E-state index in [0.29, 0.717) is 41.8 Å². The number of aliphatic hydroxyl groups excluding tert-OH is 1. The first-order valence-electron chi connectivity index (χ1n) is 8.34. The van der Waals surface area contributed by atoms with Crippen LogP contribution in [0.15, 0.2) is 31.9 Å². The van der Waals surface area contributed by atoms with Gasteiger partial charge in [-0.3, -0.25) is 4.79 Å². The van der Waals surface area contributed by atoms with E-state index in [2.05, 4.69) is 4.85 Å². The maximum atomic E-state index is 12.3. The Hall–Kier alpha value is -1.82. The van der Waals surface area contributed by atoms with Crippen molar-refractivity contribution in [1.82, 2.24) is 0 Å². The normalized spacial score (nSPS) is 12.3. The molecule has 0 atom stereocenters. The molecule has 1 aromatic carbocycles. The Balaban J connectivity index is 2.26. The second-order valence-electron chi connectivity index (χ2n) is 5.10. The highest BCUT2D eigenvalue weighted by Gasteiger charge is 2.31. The number of thioether (sulfide) groups is 2. The molecule has 0 unspecified atom stereocenters. The molecule has 0 fully saturated rings. The maximum Gasteiger partial charge on any atom is 0.338 e. The van der Waals surface area contributed by atoms with Crippen LogP contribution in [0.1, 0.15) is 26.7 Å². The van der Waals surface area contributed by atoms with Gasteiger partial charge in [0.2, 0.25) is 0 Å². The molecule has 1 heterocycles. The summed E-state index contributed by atoms with van der Waals surface area (Å²) in [6.07, 6.45) is 1.12. The fourth-order valence-electron chi connectivity index (χ4n) is 2.18. The molecular formula is C18H21NO5S2. The van der Waals surface area contributed by atoms with E-state index in [0.717, 1.165) is 9.79 Å². The largest absolute Gasteiger partial charge is 0.493 e. The number of aliphatic hydroxyl groups is 1. The molecule has 0 saturated heterocycles. The topological polar surface area (TPSA) is 69.4 Å². The van der Waals surface area contributed by atoms with Gasteiger partial charge in [-0.1, -0.05) is 23.5 Å². The molecule has 0 spiro atoms. The Kier molecular flexibility index (Phi) is 8.16. The van der Waals surface area contributed by atoms with E-state index in [-0.39, 0.29) is 18.9 Å². The van der Waals surface area contributed by atoms with Gasteiger partial charge in [0, 0.05) is 6.61 Å². The van der Waals surface area contributed by atoms with Gasteiger partial charge in [-0.25, -0.2) is 4.85 Å². The van der Waals surface area contributed by atoms with Crippen molar-refractivity contribution in [3.8, 4) is 11.5 Å². The van der Waals surface area contributed by atoms with Gasteiger partial charge in [-0.15, -0.1) is 0 Å². The average Bonchev–Trinajstić information content (AvgIpc) is 3.07. The highest BCUT2D eigenvalue weighted by Crippen LogP contribution is 2.59. The van der Waals surface area contributed by atoms with E-state index in [1.165, 1.54) is 23.5 Å². The van der Waals surface area contributed by atoms with Crippen LogP contribution in [0.25, 0.3) is 4.85 Å². The Morgan fingerprint density at radius 1 is 1.12 bits per heavy atom. The summed E-state index contributed by atoms with van der Waals surface area (Å²) >= 11 is 2.66. The van der Waals surface area contributed by atoms with Gasteiger partial charge in [-0.05, 0) is 38.8 Å². The molecule has 0 bridgehead atoms. The molecule has 8 heteroatoms. The van der Waals surface area contributed by atoms with Crippen LogP contribution in [-0.2, 0) is 9.53 Å². The number of unbranched alkanes of at least 4 members (excludes halogenated alkanes) is 1. The molecule has 0 amide bonds. The van der Waals surface area contributed by atoms with Crippen LogP contribution >= 0.6 is 23.5 Å². The Morgan fingerprint density at radius 3 is 2.15 bits per heavy atom. The highest BCUT2D eigenvalue weighted by molar-refractivity contribution is 8.24. The quantitative estimate of drug-likeness (QED) is 0.292. The third-order valence-electron chi connectivity index (χ3n) is 3.31. The number of hydrogen-bond acceptors (Lipinski definition) is 7. The van der Waals surface area contributed by atoms with Crippen LogP contribution in [0, 0.1) is 6.57 Å². The van der Waals surface area contributed by atoms with Gasteiger partial charge in [-0.2, -0.15) is 0 Å². The SMILES string of the molecule is [C-]#[N+]C(C(=O)OCCCCO)=C1Sc2c(OCC)ccc(OCC)c2S1. The van der Waals surface area contributed by atoms with E-state index in [1.54, 1.807) is 0 Å². The fourth-order valence-corrected chi connectivity index (χ4v) is 4.76. The third-order valence-corrected chi connectivity index (χ3v) is 5.92. The zero-order valence-corrected chi connectivity index (χ0v) is 16.4. The van der Waals surface area contributed by atoms with Gasteiger partial charge in [0.15, 0.2) is 0 Å². The first-order valence-corrected chi connectivity index (χ1v) is 9.97. The number of esters is 1. The number of fused-ring (bicyclic) bond motifs is 1. The van der Waals surface area contributed by atoms with Crippen LogP contribution in [0.5, 0.6) is 11.5 Å². The van der Waals surface area contributed by atoms with Crippen molar-refractivity contribution in [3.05, 3.63) is 33.5 Å². The summed E-state index contributed by atoms with van der Waals surface area (Å²) in [4.78, 5) is 17.3. The predicted octanol–water partition coefficient (Wildman–Crippen LogP) is 4.09. The van der Waals surface area contributed by atoms with Crippen LogP contribution in [0.3, 0.4) is 0 Å². The van der Waals surface area contributed by atoms with Crippen molar-refractivity contribution >= 4 is 29.5 Å². The summed E-state index contributed by atoms with van der Waals surface area (Å²) in [7, 11) is 0. The fraction of sp³-hybridized carbons (Fsp3) is 0.444. The minimum Gasteiger partial charge on any atom is -0.493 e. The number of nitrogens with zero attached hydrogens (tertiary/aromatic N) is 1.